The van der Waals surface area contributed by atoms with Crippen molar-refractivity contribution in [2.24, 2.45) is 5.73 Å². The first-order valence-electron chi connectivity index (χ1n) is 5.17. The Labute approximate surface area is 84.6 Å². The Morgan fingerprint density at radius 2 is 1.64 bits per heavy atom. The predicted octanol–water partition coefficient (Wildman–Crippen LogP) is 2.04. The molecule has 1 amide bonds. The minimum atomic E-state index is -0.567. The number of amides is 1. The molecule has 0 radical (unpaired) electrons. The van der Waals surface area contributed by atoms with Crippen molar-refractivity contribution in [3.63, 3.8) is 0 Å². The van der Waals surface area contributed by atoms with Gasteiger partial charge in [-0.05, 0) is 31.3 Å². The molecule has 0 heterocycles. The third kappa shape index (κ3) is 2.88. The predicted molar refractivity (Wildman–Crippen MR) is 54.2 cm³/mol. The zero-order valence-electron chi connectivity index (χ0n) is 8.38. The van der Waals surface area contributed by atoms with Gasteiger partial charge in [-0.25, -0.2) is 0 Å². The van der Waals surface area contributed by atoms with Gasteiger partial charge in [0.15, 0.2) is 0 Å². The summed E-state index contributed by atoms with van der Waals surface area (Å²) in [5.41, 5.74) is 6.32. The van der Waals surface area contributed by atoms with E-state index in [9.17, 15) is 4.79 Å². The Morgan fingerprint density at radius 3 is 2.07 bits per heavy atom. The lowest BCUT2D eigenvalue weighted by molar-refractivity contribution is -0.114. The third-order valence-electron chi connectivity index (χ3n) is 2.67. The van der Waals surface area contributed by atoms with Crippen LogP contribution in [0.3, 0.4) is 0 Å². The van der Waals surface area contributed by atoms with E-state index in [1.54, 1.807) is 0 Å². The molecule has 76 valence electrons. The van der Waals surface area contributed by atoms with Crippen molar-refractivity contribution < 1.29 is 4.79 Å². The van der Waals surface area contributed by atoms with E-state index in [-0.39, 0.29) is 5.57 Å². The summed E-state index contributed by atoms with van der Waals surface area (Å²) in [5.74, 6) is -0.567. The largest absolute Gasteiger partial charge is 0.365 e. The van der Waals surface area contributed by atoms with Gasteiger partial charge in [-0.1, -0.05) is 19.3 Å². The maximum Gasteiger partial charge on any atom is 0.259 e. The van der Waals surface area contributed by atoms with Crippen LogP contribution in [0.25, 0.3) is 0 Å². The van der Waals surface area contributed by atoms with Crippen molar-refractivity contribution in [1.29, 1.82) is 5.26 Å². The Hall–Kier alpha value is -1.30. The highest BCUT2D eigenvalue weighted by molar-refractivity contribution is 5.96. The Bertz CT molecular complexity index is 276. The molecule has 1 rings (SSSR count). The van der Waals surface area contributed by atoms with Crippen LogP contribution in [0, 0.1) is 11.3 Å². The fraction of sp³-hybridized carbons (Fsp3) is 0.636. The van der Waals surface area contributed by atoms with Crippen LogP contribution in [0.15, 0.2) is 11.1 Å². The third-order valence-corrected chi connectivity index (χ3v) is 2.67. The van der Waals surface area contributed by atoms with E-state index in [0.717, 1.165) is 31.3 Å². The molecule has 1 saturated carbocycles. The number of nitriles is 1. The summed E-state index contributed by atoms with van der Waals surface area (Å²) in [5, 5.41) is 8.80. The Kier molecular flexibility index (Phi) is 4.18. The summed E-state index contributed by atoms with van der Waals surface area (Å²) in [6.45, 7) is 0. The molecule has 3 nitrogen and oxygen atoms in total. The second kappa shape index (κ2) is 5.43. The van der Waals surface area contributed by atoms with Gasteiger partial charge in [-0.15, -0.1) is 0 Å². The van der Waals surface area contributed by atoms with Gasteiger partial charge in [0.25, 0.3) is 5.91 Å². The average Bonchev–Trinajstić information content (AvgIpc) is 2.08. The second-order valence-electron chi connectivity index (χ2n) is 3.72. The molecule has 14 heavy (non-hydrogen) atoms. The molecule has 0 atom stereocenters. The van der Waals surface area contributed by atoms with Crippen LogP contribution in [0.5, 0.6) is 0 Å². The lowest BCUT2D eigenvalue weighted by Gasteiger charge is -2.12. The maximum atomic E-state index is 11.0. The number of carbonyl (C=O) groups is 1. The number of allylic oxidation sites excluding steroid dienone is 1. The number of nitrogens with zero attached hydrogens (tertiary/aromatic N) is 1. The summed E-state index contributed by atoms with van der Waals surface area (Å²) in [6.07, 6.45) is 7.55. The van der Waals surface area contributed by atoms with E-state index >= 15 is 0 Å². The molecule has 0 saturated heterocycles. The zero-order chi connectivity index (χ0) is 10.4. The number of carbonyl (C=O) groups excluding carboxylic acids is 1. The summed E-state index contributed by atoms with van der Waals surface area (Å²) < 4.78 is 0. The first-order chi connectivity index (χ1) is 6.75. The molecule has 2 N–H and O–H groups in total. The van der Waals surface area contributed by atoms with Crippen LogP contribution in [-0.4, -0.2) is 5.91 Å². The summed E-state index contributed by atoms with van der Waals surface area (Å²) >= 11 is 0. The number of nitrogens with two attached hydrogens (primary N) is 1. The average molecular weight is 192 g/mol. The monoisotopic (exact) mass is 192 g/mol. The molecule has 0 aromatic carbocycles. The molecular weight excluding hydrogens is 176 g/mol. The van der Waals surface area contributed by atoms with E-state index in [0.29, 0.717) is 0 Å². The minimum absolute atomic E-state index is 0.201. The molecule has 0 aromatic rings. The first-order valence-corrected chi connectivity index (χ1v) is 5.17. The lowest BCUT2D eigenvalue weighted by atomic mass is 9.93. The minimum Gasteiger partial charge on any atom is -0.365 e. The summed E-state index contributed by atoms with van der Waals surface area (Å²) in [6, 6.07) is 1.92. The first kappa shape index (κ1) is 10.8. The van der Waals surface area contributed by atoms with Crippen LogP contribution >= 0.6 is 0 Å². The van der Waals surface area contributed by atoms with Crippen LogP contribution in [0.2, 0.25) is 0 Å². The van der Waals surface area contributed by atoms with E-state index in [1.807, 2.05) is 6.07 Å². The van der Waals surface area contributed by atoms with Crippen LogP contribution < -0.4 is 5.73 Å². The fourth-order valence-corrected chi connectivity index (χ4v) is 1.89. The fourth-order valence-electron chi connectivity index (χ4n) is 1.89. The van der Waals surface area contributed by atoms with Gasteiger partial charge in [0, 0.05) is 0 Å². The van der Waals surface area contributed by atoms with Crippen molar-refractivity contribution in [3.05, 3.63) is 11.1 Å². The second-order valence-corrected chi connectivity index (χ2v) is 3.72. The number of primary amides is 1. The van der Waals surface area contributed by atoms with Crippen LogP contribution in [0.1, 0.15) is 44.9 Å². The zero-order valence-corrected chi connectivity index (χ0v) is 8.38. The smallest absolute Gasteiger partial charge is 0.259 e. The van der Waals surface area contributed by atoms with E-state index in [4.69, 9.17) is 11.0 Å². The molecule has 0 spiro atoms. The van der Waals surface area contributed by atoms with Crippen molar-refractivity contribution >= 4 is 5.91 Å². The molecule has 1 aliphatic carbocycles. The highest BCUT2D eigenvalue weighted by Gasteiger charge is 2.13. The van der Waals surface area contributed by atoms with Crippen LogP contribution in [-0.2, 0) is 4.79 Å². The molecule has 0 unspecified atom stereocenters. The maximum absolute atomic E-state index is 11.0. The summed E-state index contributed by atoms with van der Waals surface area (Å²) in [7, 11) is 0. The highest BCUT2D eigenvalue weighted by Crippen LogP contribution is 2.23. The highest BCUT2D eigenvalue weighted by atomic mass is 16.1. The Balaban J connectivity index is 2.79. The quantitative estimate of drug-likeness (QED) is 0.510. The number of hydrogen-bond acceptors (Lipinski definition) is 2. The van der Waals surface area contributed by atoms with Gasteiger partial charge in [0.1, 0.15) is 11.6 Å². The van der Waals surface area contributed by atoms with Gasteiger partial charge in [0.05, 0.1) is 0 Å². The van der Waals surface area contributed by atoms with Crippen molar-refractivity contribution in [1.82, 2.24) is 0 Å². The number of rotatable bonds is 1. The number of hydrogen-bond donors (Lipinski definition) is 1. The SMILES string of the molecule is N#CC(C(N)=O)=C1CCCCCCC1. The van der Waals surface area contributed by atoms with Gasteiger partial charge < -0.3 is 5.73 Å². The molecule has 3 heteroatoms. The van der Waals surface area contributed by atoms with Gasteiger partial charge >= 0.3 is 0 Å². The molecule has 1 aliphatic rings. The molecule has 0 bridgehead atoms. The van der Waals surface area contributed by atoms with Crippen molar-refractivity contribution in [3.8, 4) is 6.07 Å². The Morgan fingerprint density at radius 1 is 1.14 bits per heavy atom. The molecular formula is C11H16N2O. The molecule has 1 fully saturated rings. The van der Waals surface area contributed by atoms with Crippen molar-refractivity contribution in [2.75, 3.05) is 0 Å². The van der Waals surface area contributed by atoms with E-state index < -0.39 is 5.91 Å². The lowest BCUT2D eigenvalue weighted by Crippen LogP contribution is -2.15. The van der Waals surface area contributed by atoms with Gasteiger partial charge in [0.2, 0.25) is 0 Å². The normalized spacial score (nSPS) is 17.8. The molecule has 0 aliphatic heterocycles. The standard InChI is InChI=1S/C11H16N2O/c12-8-10(11(13)14)9-6-4-2-1-3-5-7-9/h1-7H2,(H2,13,14). The summed E-state index contributed by atoms with van der Waals surface area (Å²) in [4.78, 5) is 11.0. The van der Waals surface area contributed by atoms with Gasteiger partial charge in [-0.2, -0.15) is 5.26 Å². The topological polar surface area (TPSA) is 66.9 Å². The van der Waals surface area contributed by atoms with Crippen molar-refractivity contribution in [2.45, 2.75) is 44.9 Å². The van der Waals surface area contributed by atoms with Gasteiger partial charge in [-0.3, -0.25) is 4.79 Å². The van der Waals surface area contributed by atoms with Crippen LogP contribution in [0.4, 0.5) is 0 Å². The van der Waals surface area contributed by atoms with E-state index in [1.165, 1.54) is 19.3 Å². The van der Waals surface area contributed by atoms with E-state index in [2.05, 4.69) is 0 Å². The molecule has 0 aromatic heterocycles.